The molecule has 2 aromatic carbocycles. The Balaban J connectivity index is 1.71. The second-order valence-corrected chi connectivity index (χ2v) is 6.13. The molecule has 27 heavy (non-hydrogen) atoms. The predicted octanol–water partition coefficient (Wildman–Crippen LogP) is 4.98. The maximum atomic E-state index is 12.7. The van der Waals surface area contributed by atoms with Crippen LogP contribution in [0.5, 0.6) is 5.75 Å². The number of nitrogens with one attached hydrogen (secondary N) is 1. The molecular formula is C20H17F3N2O2. The minimum absolute atomic E-state index is 0.181. The van der Waals surface area contributed by atoms with E-state index in [1.807, 2.05) is 19.1 Å². The second kappa shape index (κ2) is 7.65. The summed E-state index contributed by atoms with van der Waals surface area (Å²) < 4.78 is 43.8. The van der Waals surface area contributed by atoms with E-state index in [-0.39, 0.29) is 12.5 Å². The molecule has 140 valence electrons. The van der Waals surface area contributed by atoms with E-state index in [0.717, 1.165) is 29.5 Å². The maximum absolute atomic E-state index is 12.7. The molecule has 1 aromatic heterocycles. The van der Waals surface area contributed by atoms with Gasteiger partial charge in [-0.3, -0.25) is 5.10 Å². The molecule has 0 amide bonds. The molecule has 0 aliphatic rings. The molecule has 0 saturated carbocycles. The summed E-state index contributed by atoms with van der Waals surface area (Å²) in [7, 11) is 0. The van der Waals surface area contributed by atoms with E-state index in [4.69, 9.17) is 4.74 Å². The van der Waals surface area contributed by atoms with Crippen LogP contribution < -0.4 is 4.74 Å². The minimum Gasteiger partial charge on any atom is -0.489 e. The van der Waals surface area contributed by atoms with Crippen molar-refractivity contribution in [1.29, 1.82) is 0 Å². The zero-order valence-corrected chi connectivity index (χ0v) is 14.5. The Hall–Kier alpha value is -3.09. The van der Waals surface area contributed by atoms with Crippen LogP contribution in [0, 0.1) is 0 Å². The number of halogens is 3. The molecule has 3 rings (SSSR count). The third-order valence-corrected chi connectivity index (χ3v) is 4.22. The van der Waals surface area contributed by atoms with Gasteiger partial charge < -0.3 is 9.53 Å². The van der Waals surface area contributed by atoms with Gasteiger partial charge in [0.2, 0.25) is 0 Å². The molecule has 7 heteroatoms. The number of rotatable bonds is 6. The number of aromatic amines is 1. The van der Waals surface area contributed by atoms with E-state index in [1.165, 1.54) is 12.1 Å². The number of H-pyrrole nitrogens is 1. The average molecular weight is 374 g/mol. The first-order chi connectivity index (χ1) is 12.9. The van der Waals surface area contributed by atoms with Crippen LogP contribution in [0.15, 0.2) is 54.7 Å². The number of carbonyl (C=O) groups is 1. The number of hydrogen-bond acceptors (Lipinski definition) is 3. The summed E-state index contributed by atoms with van der Waals surface area (Å²) in [5.41, 5.74) is 2.11. The summed E-state index contributed by atoms with van der Waals surface area (Å²) in [5, 5.41) is 6.76. The maximum Gasteiger partial charge on any atom is 0.416 e. The molecule has 1 N–H and O–H groups in total. The molecule has 3 aromatic rings. The topological polar surface area (TPSA) is 55.0 Å². The summed E-state index contributed by atoms with van der Waals surface area (Å²) in [4.78, 5) is 10.8. The fourth-order valence-corrected chi connectivity index (χ4v) is 2.60. The Labute approximate surface area is 154 Å². The highest BCUT2D eigenvalue weighted by Gasteiger charge is 2.30. The number of ether oxygens (including phenoxy) is 1. The Morgan fingerprint density at radius 2 is 1.78 bits per heavy atom. The van der Waals surface area contributed by atoms with Crippen LogP contribution in [0.2, 0.25) is 0 Å². The van der Waals surface area contributed by atoms with Crippen molar-refractivity contribution in [2.45, 2.75) is 25.6 Å². The third-order valence-electron chi connectivity index (χ3n) is 4.22. The van der Waals surface area contributed by atoms with E-state index in [0.29, 0.717) is 17.0 Å². The molecular weight excluding hydrogens is 357 g/mol. The highest BCUT2D eigenvalue weighted by Crippen LogP contribution is 2.31. The SMILES string of the molecule is CC(C=O)c1ccc(OCc2cn[nH]c2-c2ccc(C(F)(F)F)cc2)cc1. The average Bonchev–Trinajstić information content (AvgIpc) is 3.14. The molecule has 1 heterocycles. The van der Waals surface area contributed by atoms with Gasteiger partial charge in [0.1, 0.15) is 18.6 Å². The predicted molar refractivity (Wildman–Crippen MR) is 94.3 cm³/mol. The Morgan fingerprint density at radius 1 is 1.11 bits per heavy atom. The Kier molecular flexibility index (Phi) is 5.30. The largest absolute Gasteiger partial charge is 0.489 e. The molecule has 0 saturated heterocycles. The van der Waals surface area contributed by atoms with Gasteiger partial charge in [0.15, 0.2) is 0 Å². The third kappa shape index (κ3) is 4.36. The number of hydrogen-bond donors (Lipinski definition) is 1. The van der Waals surface area contributed by atoms with Crippen molar-refractivity contribution in [2.75, 3.05) is 0 Å². The lowest BCUT2D eigenvalue weighted by molar-refractivity contribution is -0.137. The lowest BCUT2D eigenvalue weighted by Crippen LogP contribution is -2.04. The fraction of sp³-hybridized carbons (Fsp3) is 0.200. The first-order valence-electron chi connectivity index (χ1n) is 8.26. The van der Waals surface area contributed by atoms with Gasteiger partial charge in [-0.2, -0.15) is 18.3 Å². The van der Waals surface area contributed by atoms with E-state index < -0.39 is 11.7 Å². The van der Waals surface area contributed by atoms with Gasteiger partial charge in [-0.25, -0.2) is 0 Å². The molecule has 4 nitrogen and oxygen atoms in total. The van der Waals surface area contributed by atoms with Crippen molar-refractivity contribution in [1.82, 2.24) is 10.2 Å². The molecule has 0 spiro atoms. The van der Waals surface area contributed by atoms with Crippen molar-refractivity contribution in [2.24, 2.45) is 0 Å². The quantitative estimate of drug-likeness (QED) is 0.620. The zero-order chi connectivity index (χ0) is 19.4. The summed E-state index contributed by atoms with van der Waals surface area (Å²) in [6, 6.07) is 12.0. The number of nitrogens with zero attached hydrogens (tertiary/aromatic N) is 1. The summed E-state index contributed by atoms with van der Waals surface area (Å²) in [6.45, 7) is 2.01. The van der Waals surface area contributed by atoms with Gasteiger partial charge in [0.25, 0.3) is 0 Å². The van der Waals surface area contributed by atoms with Crippen LogP contribution in [0.4, 0.5) is 13.2 Å². The van der Waals surface area contributed by atoms with Gasteiger partial charge in [0, 0.05) is 11.5 Å². The van der Waals surface area contributed by atoms with Crippen molar-refractivity contribution in [3.63, 3.8) is 0 Å². The monoisotopic (exact) mass is 374 g/mol. The van der Waals surface area contributed by atoms with Crippen molar-refractivity contribution < 1.29 is 22.7 Å². The van der Waals surface area contributed by atoms with Gasteiger partial charge in [-0.05, 0) is 35.4 Å². The van der Waals surface area contributed by atoms with E-state index in [2.05, 4.69) is 10.2 Å². The smallest absolute Gasteiger partial charge is 0.416 e. The van der Waals surface area contributed by atoms with Crippen LogP contribution in [-0.2, 0) is 17.6 Å². The normalized spacial score (nSPS) is 12.6. The van der Waals surface area contributed by atoms with Gasteiger partial charge in [-0.15, -0.1) is 0 Å². The van der Waals surface area contributed by atoms with Crippen LogP contribution >= 0.6 is 0 Å². The van der Waals surface area contributed by atoms with E-state index >= 15 is 0 Å². The molecule has 0 aliphatic carbocycles. The van der Waals surface area contributed by atoms with Gasteiger partial charge in [-0.1, -0.05) is 31.2 Å². The molecule has 0 fully saturated rings. The fourth-order valence-electron chi connectivity index (χ4n) is 2.60. The first kappa shape index (κ1) is 18.7. The lowest BCUT2D eigenvalue weighted by Gasteiger charge is -2.10. The highest BCUT2D eigenvalue weighted by molar-refractivity contribution is 5.63. The zero-order valence-electron chi connectivity index (χ0n) is 14.5. The van der Waals surface area contributed by atoms with Crippen LogP contribution in [0.25, 0.3) is 11.3 Å². The Bertz CT molecular complexity index is 900. The second-order valence-electron chi connectivity index (χ2n) is 6.13. The molecule has 0 radical (unpaired) electrons. The summed E-state index contributed by atoms with van der Waals surface area (Å²) in [5.74, 6) is 0.440. The van der Waals surface area contributed by atoms with Crippen molar-refractivity contribution >= 4 is 6.29 Å². The minimum atomic E-state index is -4.37. The number of aromatic nitrogens is 2. The Morgan fingerprint density at radius 3 is 2.37 bits per heavy atom. The summed E-state index contributed by atoms with van der Waals surface area (Å²) in [6.07, 6.45) is -1.92. The van der Waals surface area contributed by atoms with Crippen LogP contribution in [0.1, 0.15) is 29.5 Å². The van der Waals surface area contributed by atoms with E-state index in [9.17, 15) is 18.0 Å². The van der Waals surface area contributed by atoms with Crippen molar-refractivity contribution in [3.05, 3.63) is 71.4 Å². The standard InChI is InChI=1S/C20H17F3N2O2/c1-13(11-26)14-4-8-18(9-5-14)27-12-16-10-24-25-19(16)15-2-6-17(7-3-15)20(21,22)23/h2-11,13H,12H2,1H3,(H,24,25). The molecule has 1 atom stereocenters. The van der Waals surface area contributed by atoms with Crippen LogP contribution in [-0.4, -0.2) is 16.5 Å². The number of aldehydes is 1. The molecule has 1 unspecified atom stereocenters. The lowest BCUT2D eigenvalue weighted by atomic mass is 10.0. The van der Waals surface area contributed by atoms with Crippen LogP contribution in [0.3, 0.4) is 0 Å². The summed E-state index contributed by atoms with van der Waals surface area (Å²) >= 11 is 0. The van der Waals surface area contributed by atoms with E-state index in [1.54, 1.807) is 18.3 Å². The highest BCUT2D eigenvalue weighted by atomic mass is 19.4. The van der Waals surface area contributed by atoms with Crippen molar-refractivity contribution in [3.8, 4) is 17.0 Å². The first-order valence-corrected chi connectivity index (χ1v) is 8.26. The number of carbonyl (C=O) groups excluding carboxylic acids is 1. The number of alkyl halides is 3. The number of benzene rings is 2. The molecule has 0 bridgehead atoms. The van der Waals surface area contributed by atoms with Gasteiger partial charge in [0.05, 0.1) is 17.5 Å². The van der Waals surface area contributed by atoms with Gasteiger partial charge >= 0.3 is 6.18 Å². The molecule has 0 aliphatic heterocycles.